The van der Waals surface area contributed by atoms with E-state index in [9.17, 15) is 9.18 Å². The van der Waals surface area contributed by atoms with E-state index in [0.29, 0.717) is 25.1 Å². The summed E-state index contributed by atoms with van der Waals surface area (Å²) >= 11 is 0. The first kappa shape index (κ1) is 10.1. The standard InChI is InChI=1S/C11H13FN2O/c12-10-4-2-1-3-8(10)5-9-6-13-7-11(15)14-9/h1-4,9,13H,5-7H2,(H,14,15). The van der Waals surface area contributed by atoms with E-state index in [0.717, 1.165) is 0 Å². The lowest BCUT2D eigenvalue weighted by Crippen LogP contribution is -2.53. The zero-order chi connectivity index (χ0) is 10.7. The first-order chi connectivity index (χ1) is 7.25. The molecule has 1 aliphatic heterocycles. The van der Waals surface area contributed by atoms with Crippen LogP contribution in [0.15, 0.2) is 24.3 Å². The van der Waals surface area contributed by atoms with Gasteiger partial charge in [0.2, 0.25) is 5.91 Å². The average molecular weight is 208 g/mol. The quantitative estimate of drug-likeness (QED) is 0.741. The van der Waals surface area contributed by atoms with Gasteiger partial charge in [-0.2, -0.15) is 0 Å². The summed E-state index contributed by atoms with van der Waals surface area (Å²) in [6, 6.07) is 6.64. The van der Waals surface area contributed by atoms with Crippen molar-refractivity contribution in [3.8, 4) is 0 Å². The average Bonchev–Trinajstić information content (AvgIpc) is 2.22. The molecule has 80 valence electrons. The molecule has 2 N–H and O–H groups in total. The third-order valence-electron chi connectivity index (χ3n) is 2.47. The number of rotatable bonds is 2. The molecule has 1 atom stereocenters. The molecular weight excluding hydrogens is 195 g/mol. The van der Waals surface area contributed by atoms with Crippen molar-refractivity contribution in [1.29, 1.82) is 0 Å². The lowest BCUT2D eigenvalue weighted by molar-refractivity contribution is -0.122. The second-order valence-corrected chi connectivity index (χ2v) is 3.69. The molecule has 4 heteroatoms. The van der Waals surface area contributed by atoms with Gasteiger partial charge in [-0.25, -0.2) is 4.39 Å². The fourth-order valence-electron chi connectivity index (χ4n) is 1.74. The number of carbonyl (C=O) groups excluding carboxylic acids is 1. The van der Waals surface area contributed by atoms with Gasteiger partial charge in [-0.1, -0.05) is 18.2 Å². The summed E-state index contributed by atoms with van der Waals surface area (Å²) in [5, 5.41) is 5.81. The van der Waals surface area contributed by atoms with Crippen molar-refractivity contribution < 1.29 is 9.18 Å². The molecule has 0 bridgehead atoms. The van der Waals surface area contributed by atoms with Gasteiger partial charge in [0.25, 0.3) is 0 Å². The van der Waals surface area contributed by atoms with Gasteiger partial charge in [0.1, 0.15) is 5.82 Å². The van der Waals surface area contributed by atoms with Gasteiger partial charge in [-0.05, 0) is 18.1 Å². The number of halogens is 1. The Labute approximate surface area is 87.7 Å². The van der Waals surface area contributed by atoms with Gasteiger partial charge in [-0.15, -0.1) is 0 Å². The summed E-state index contributed by atoms with van der Waals surface area (Å²) in [4.78, 5) is 11.1. The van der Waals surface area contributed by atoms with Crippen LogP contribution in [0, 0.1) is 5.82 Å². The molecule has 1 unspecified atom stereocenters. The zero-order valence-corrected chi connectivity index (χ0v) is 8.29. The van der Waals surface area contributed by atoms with Crippen molar-refractivity contribution in [2.75, 3.05) is 13.1 Å². The summed E-state index contributed by atoms with van der Waals surface area (Å²) in [5.41, 5.74) is 0.645. The molecule has 1 amide bonds. The first-order valence-corrected chi connectivity index (χ1v) is 4.99. The van der Waals surface area contributed by atoms with Crippen LogP contribution in [0.2, 0.25) is 0 Å². The molecule has 1 heterocycles. The molecule has 1 aromatic carbocycles. The van der Waals surface area contributed by atoms with Crippen molar-refractivity contribution in [1.82, 2.24) is 10.6 Å². The SMILES string of the molecule is O=C1CNCC(Cc2ccccc2F)N1. The molecule has 2 rings (SSSR count). The van der Waals surface area contributed by atoms with Crippen molar-refractivity contribution in [2.45, 2.75) is 12.5 Å². The van der Waals surface area contributed by atoms with Crippen molar-refractivity contribution >= 4 is 5.91 Å². The normalized spacial score (nSPS) is 21.1. The number of amides is 1. The highest BCUT2D eigenvalue weighted by molar-refractivity contribution is 5.79. The minimum absolute atomic E-state index is 0.0110. The summed E-state index contributed by atoms with van der Waals surface area (Å²) in [6.45, 7) is 1.05. The Morgan fingerprint density at radius 3 is 2.93 bits per heavy atom. The monoisotopic (exact) mass is 208 g/mol. The van der Waals surface area contributed by atoms with E-state index >= 15 is 0 Å². The number of benzene rings is 1. The molecule has 1 aliphatic rings. The van der Waals surface area contributed by atoms with E-state index in [1.165, 1.54) is 6.07 Å². The molecule has 0 saturated carbocycles. The smallest absolute Gasteiger partial charge is 0.234 e. The maximum Gasteiger partial charge on any atom is 0.234 e. The number of carbonyl (C=O) groups is 1. The maximum atomic E-state index is 13.3. The summed E-state index contributed by atoms with van der Waals surface area (Å²) in [6.07, 6.45) is 0.533. The van der Waals surface area contributed by atoms with E-state index in [2.05, 4.69) is 10.6 Å². The summed E-state index contributed by atoms with van der Waals surface area (Å²) in [7, 11) is 0. The fourth-order valence-corrected chi connectivity index (χ4v) is 1.74. The van der Waals surface area contributed by atoms with Gasteiger partial charge >= 0.3 is 0 Å². The Balaban J connectivity index is 2.02. The molecule has 0 aliphatic carbocycles. The van der Waals surface area contributed by atoms with Crippen LogP contribution in [-0.4, -0.2) is 25.0 Å². The Morgan fingerprint density at radius 1 is 1.40 bits per heavy atom. The van der Waals surface area contributed by atoms with Crippen LogP contribution >= 0.6 is 0 Å². The molecule has 3 nitrogen and oxygen atoms in total. The Hall–Kier alpha value is -1.42. The van der Waals surface area contributed by atoms with Crippen LogP contribution in [0.4, 0.5) is 4.39 Å². The molecule has 1 fully saturated rings. The first-order valence-electron chi connectivity index (χ1n) is 4.99. The van der Waals surface area contributed by atoms with Crippen LogP contribution in [0.5, 0.6) is 0 Å². The van der Waals surface area contributed by atoms with E-state index < -0.39 is 0 Å². The predicted molar refractivity (Wildman–Crippen MR) is 54.9 cm³/mol. The van der Waals surface area contributed by atoms with E-state index in [1.54, 1.807) is 18.2 Å². The van der Waals surface area contributed by atoms with Gasteiger partial charge in [0.15, 0.2) is 0 Å². The molecule has 0 aromatic heterocycles. The highest BCUT2D eigenvalue weighted by Crippen LogP contribution is 2.09. The molecule has 15 heavy (non-hydrogen) atoms. The second-order valence-electron chi connectivity index (χ2n) is 3.69. The summed E-state index contributed by atoms with van der Waals surface area (Å²) in [5.74, 6) is -0.236. The molecule has 1 saturated heterocycles. The van der Waals surface area contributed by atoms with Crippen LogP contribution in [0.3, 0.4) is 0 Å². The number of piperazine rings is 1. The van der Waals surface area contributed by atoms with Gasteiger partial charge in [0, 0.05) is 12.6 Å². The Kier molecular flexibility index (Phi) is 2.97. The van der Waals surface area contributed by atoms with Gasteiger partial charge < -0.3 is 10.6 Å². The highest BCUT2D eigenvalue weighted by Gasteiger charge is 2.18. The third-order valence-corrected chi connectivity index (χ3v) is 2.47. The minimum Gasteiger partial charge on any atom is -0.351 e. The largest absolute Gasteiger partial charge is 0.351 e. The molecule has 0 radical (unpaired) electrons. The topological polar surface area (TPSA) is 41.1 Å². The van der Waals surface area contributed by atoms with E-state index in [1.807, 2.05) is 0 Å². The predicted octanol–water partition coefficient (Wildman–Crippen LogP) is 0.456. The Morgan fingerprint density at radius 2 is 2.20 bits per heavy atom. The highest BCUT2D eigenvalue weighted by atomic mass is 19.1. The van der Waals surface area contributed by atoms with Gasteiger partial charge in [0.05, 0.1) is 6.54 Å². The Bertz CT molecular complexity index is 367. The van der Waals surface area contributed by atoms with Crippen LogP contribution in [-0.2, 0) is 11.2 Å². The van der Waals surface area contributed by atoms with Gasteiger partial charge in [-0.3, -0.25) is 4.79 Å². The molecular formula is C11H13FN2O. The molecule has 1 aromatic rings. The lowest BCUT2D eigenvalue weighted by atomic mass is 10.0. The molecule has 0 spiro atoms. The number of nitrogens with one attached hydrogen (secondary N) is 2. The van der Waals surface area contributed by atoms with Crippen LogP contribution < -0.4 is 10.6 Å². The van der Waals surface area contributed by atoms with E-state index in [-0.39, 0.29) is 17.8 Å². The van der Waals surface area contributed by atoms with Crippen LogP contribution in [0.1, 0.15) is 5.56 Å². The van der Waals surface area contributed by atoms with Crippen molar-refractivity contribution in [3.05, 3.63) is 35.6 Å². The number of hydrogen-bond acceptors (Lipinski definition) is 2. The van der Waals surface area contributed by atoms with Crippen LogP contribution in [0.25, 0.3) is 0 Å². The number of hydrogen-bond donors (Lipinski definition) is 2. The van der Waals surface area contributed by atoms with Crippen molar-refractivity contribution in [3.63, 3.8) is 0 Å². The summed E-state index contributed by atoms with van der Waals surface area (Å²) < 4.78 is 13.3. The maximum absolute atomic E-state index is 13.3. The lowest BCUT2D eigenvalue weighted by Gasteiger charge is -2.24. The third kappa shape index (κ3) is 2.53. The fraction of sp³-hybridized carbons (Fsp3) is 0.364. The van der Waals surface area contributed by atoms with Crippen molar-refractivity contribution in [2.24, 2.45) is 0 Å². The minimum atomic E-state index is -0.211. The second kappa shape index (κ2) is 4.40. The van der Waals surface area contributed by atoms with E-state index in [4.69, 9.17) is 0 Å². The zero-order valence-electron chi connectivity index (χ0n) is 8.29.